The summed E-state index contributed by atoms with van der Waals surface area (Å²) in [6.07, 6.45) is 0.913. The first-order valence-corrected chi connectivity index (χ1v) is 9.88. The average molecular weight is 340 g/mol. The number of hydrogen-bond donors (Lipinski definition) is 1. The van der Waals surface area contributed by atoms with E-state index < -0.39 is 10.0 Å². The van der Waals surface area contributed by atoms with E-state index in [1.165, 1.54) is 0 Å². The van der Waals surface area contributed by atoms with E-state index in [9.17, 15) is 8.42 Å². The number of aryl methyl sites for hydroxylation is 1. The lowest BCUT2D eigenvalue weighted by atomic mass is 10.1. The first kappa shape index (κ1) is 18.4. The Morgan fingerprint density at radius 3 is 2.30 bits per heavy atom. The molecule has 1 unspecified atom stereocenters. The minimum absolute atomic E-state index is 0.295. The van der Waals surface area contributed by atoms with Gasteiger partial charge < -0.3 is 9.80 Å². The molecular weight excluding hydrogens is 310 g/mol. The summed E-state index contributed by atoms with van der Waals surface area (Å²) in [4.78, 5) is 5.08. The van der Waals surface area contributed by atoms with Gasteiger partial charge in [-0.15, -0.1) is 0 Å². The molecule has 1 aliphatic heterocycles. The number of piperazine rings is 1. The van der Waals surface area contributed by atoms with Crippen LogP contribution in [-0.2, 0) is 16.4 Å². The van der Waals surface area contributed by atoms with Crippen molar-refractivity contribution >= 4 is 10.0 Å². The third kappa shape index (κ3) is 5.57. The summed E-state index contributed by atoms with van der Waals surface area (Å²) in [6, 6.07) is 7.13. The van der Waals surface area contributed by atoms with Gasteiger partial charge in [0.2, 0.25) is 10.0 Å². The lowest BCUT2D eigenvalue weighted by molar-refractivity contribution is 0.139. The standard InChI is InChI=1S/C17H29N3O2S/c1-4-16-5-7-17(8-6-16)23(21,22)18-13-15(2)14-20-11-9-19(3)10-12-20/h5-8,15,18H,4,9-14H2,1-3H3. The molecule has 6 heteroatoms. The molecule has 0 aromatic heterocycles. The van der Waals surface area contributed by atoms with Crippen molar-refractivity contribution < 1.29 is 8.42 Å². The van der Waals surface area contributed by atoms with Crippen molar-refractivity contribution in [2.45, 2.75) is 25.2 Å². The van der Waals surface area contributed by atoms with Crippen LogP contribution < -0.4 is 4.72 Å². The minimum Gasteiger partial charge on any atom is -0.304 e. The molecule has 0 saturated carbocycles. The van der Waals surface area contributed by atoms with Crippen molar-refractivity contribution in [2.24, 2.45) is 5.92 Å². The van der Waals surface area contributed by atoms with Crippen molar-refractivity contribution in [1.29, 1.82) is 0 Å². The Labute approximate surface area is 140 Å². The summed E-state index contributed by atoms with van der Waals surface area (Å²) >= 11 is 0. The van der Waals surface area contributed by atoms with Crippen LogP contribution >= 0.6 is 0 Å². The Kier molecular flexibility index (Phi) is 6.59. The Balaban J connectivity index is 1.83. The second kappa shape index (κ2) is 8.24. The van der Waals surface area contributed by atoms with Crippen LogP contribution in [0.1, 0.15) is 19.4 Å². The highest BCUT2D eigenvalue weighted by molar-refractivity contribution is 7.89. The van der Waals surface area contributed by atoms with Gasteiger partial charge in [0.25, 0.3) is 0 Å². The van der Waals surface area contributed by atoms with Crippen LogP contribution in [0.15, 0.2) is 29.2 Å². The van der Waals surface area contributed by atoms with Crippen LogP contribution in [0.5, 0.6) is 0 Å². The topological polar surface area (TPSA) is 52.7 Å². The Morgan fingerprint density at radius 2 is 1.74 bits per heavy atom. The highest BCUT2D eigenvalue weighted by Gasteiger charge is 2.18. The zero-order valence-corrected chi connectivity index (χ0v) is 15.3. The molecule has 0 bridgehead atoms. The minimum atomic E-state index is -3.41. The van der Waals surface area contributed by atoms with Crippen molar-refractivity contribution in [1.82, 2.24) is 14.5 Å². The molecule has 23 heavy (non-hydrogen) atoms. The van der Waals surface area contributed by atoms with Crippen molar-refractivity contribution in [2.75, 3.05) is 46.3 Å². The normalized spacial score (nSPS) is 18.9. The molecule has 1 aromatic carbocycles. The molecule has 1 aromatic rings. The van der Waals surface area contributed by atoms with Gasteiger partial charge in [0.05, 0.1) is 4.90 Å². The van der Waals surface area contributed by atoms with Crippen LogP contribution in [0.3, 0.4) is 0 Å². The predicted octanol–water partition coefficient (Wildman–Crippen LogP) is 1.41. The van der Waals surface area contributed by atoms with E-state index in [4.69, 9.17) is 0 Å². The summed E-state index contributed by atoms with van der Waals surface area (Å²) < 4.78 is 27.4. The summed E-state index contributed by atoms with van der Waals surface area (Å²) in [5.41, 5.74) is 1.15. The second-order valence-corrected chi connectivity index (χ2v) is 8.33. The maximum Gasteiger partial charge on any atom is 0.240 e. The van der Waals surface area contributed by atoms with Gasteiger partial charge in [0.1, 0.15) is 0 Å². The first-order valence-electron chi connectivity index (χ1n) is 8.40. The summed E-state index contributed by atoms with van der Waals surface area (Å²) in [5, 5.41) is 0. The van der Waals surface area contributed by atoms with Gasteiger partial charge in [-0.3, -0.25) is 0 Å². The van der Waals surface area contributed by atoms with E-state index >= 15 is 0 Å². The lowest BCUT2D eigenvalue weighted by Gasteiger charge is -2.33. The molecule has 0 amide bonds. The molecule has 1 saturated heterocycles. The molecule has 1 aliphatic rings. The molecule has 0 radical (unpaired) electrons. The lowest BCUT2D eigenvalue weighted by Crippen LogP contribution is -2.46. The van der Waals surface area contributed by atoms with Crippen LogP contribution in [0, 0.1) is 5.92 Å². The Morgan fingerprint density at radius 1 is 1.13 bits per heavy atom. The van der Waals surface area contributed by atoms with Gasteiger partial charge in [0.15, 0.2) is 0 Å². The molecule has 0 aliphatic carbocycles. The largest absolute Gasteiger partial charge is 0.304 e. The fourth-order valence-electron chi connectivity index (χ4n) is 2.78. The number of nitrogens with one attached hydrogen (secondary N) is 1. The smallest absolute Gasteiger partial charge is 0.240 e. The van der Waals surface area contributed by atoms with Crippen LogP contribution in [0.4, 0.5) is 0 Å². The van der Waals surface area contributed by atoms with Crippen molar-refractivity contribution in [3.8, 4) is 0 Å². The quantitative estimate of drug-likeness (QED) is 0.816. The molecule has 1 N–H and O–H groups in total. The molecule has 1 heterocycles. The third-order valence-electron chi connectivity index (χ3n) is 4.43. The van der Waals surface area contributed by atoms with E-state index in [0.717, 1.165) is 44.7 Å². The van der Waals surface area contributed by atoms with Crippen LogP contribution in [-0.4, -0.2) is 64.5 Å². The van der Waals surface area contributed by atoms with Gasteiger partial charge >= 0.3 is 0 Å². The molecule has 2 rings (SSSR count). The zero-order chi connectivity index (χ0) is 16.9. The Hall–Kier alpha value is -0.950. The van der Waals surface area contributed by atoms with Gasteiger partial charge in [-0.2, -0.15) is 0 Å². The number of likely N-dealkylation sites (N-methyl/N-ethyl adjacent to an activating group) is 1. The number of sulfonamides is 1. The highest BCUT2D eigenvalue weighted by Crippen LogP contribution is 2.12. The van der Waals surface area contributed by atoms with E-state index in [1.807, 2.05) is 12.1 Å². The second-order valence-electron chi connectivity index (χ2n) is 6.56. The summed E-state index contributed by atoms with van der Waals surface area (Å²) in [6.45, 7) is 9.86. The fraction of sp³-hybridized carbons (Fsp3) is 0.647. The number of hydrogen-bond acceptors (Lipinski definition) is 4. The molecule has 1 atom stereocenters. The van der Waals surface area contributed by atoms with Crippen molar-refractivity contribution in [3.63, 3.8) is 0 Å². The Bertz CT molecular complexity index is 578. The van der Waals surface area contributed by atoms with Crippen molar-refractivity contribution in [3.05, 3.63) is 29.8 Å². The number of benzene rings is 1. The average Bonchev–Trinajstić information content (AvgIpc) is 2.55. The maximum atomic E-state index is 12.3. The number of rotatable bonds is 7. The van der Waals surface area contributed by atoms with Crippen LogP contribution in [0.25, 0.3) is 0 Å². The maximum absolute atomic E-state index is 12.3. The molecular formula is C17H29N3O2S. The zero-order valence-electron chi connectivity index (χ0n) is 14.5. The molecule has 130 valence electrons. The molecule has 5 nitrogen and oxygen atoms in total. The molecule has 1 fully saturated rings. The first-order chi connectivity index (χ1) is 10.9. The van der Waals surface area contributed by atoms with Gasteiger partial charge in [-0.1, -0.05) is 26.0 Å². The number of nitrogens with zero attached hydrogens (tertiary/aromatic N) is 2. The van der Waals surface area contributed by atoms with E-state index in [-0.39, 0.29) is 0 Å². The van der Waals surface area contributed by atoms with E-state index in [1.54, 1.807) is 12.1 Å². The summed E-state index contributed by atoms with van der Waals surface area (Å²) in [7, 11) is -1.27. The van der Waals surface area contributed by atoms with Gasteiger partial charge in [-0.05, 0) is 37.1 Å². The fourth-order valence-corrected chi connectivity index (χ4v) is 3.94. The van der Waals surface area contributed by atoms with Gasteiger partial charge in [0, 0.05) is 39.3 Å². The third-order valence-corrected chi connectivity index (χ3v) is 5.87. The van der Waals surface area contributed by atoms with Crippen LogP contribution in [0.2, 0.25) is 0 Å². The molecule has 0 spiro atoms. The monoisotopic (exact) mass is 339 g/mol. The summed E-state index contributed by atoms with van der Waals surface area (Å²) in [5.74, 6) is 0.295. The van der Waals surface area contributed by atoms with E-state index in [2.05, 4.69) is 35.4 Å². The van der Waals surface area contributed by atoms with Gasteiger partial charge in [-0.25, -0.2) is 13.1 Å². The van der Waals surface area contributed by atoms with E-state index in [0.29, 0.717) is 17.4 Å². The predicted molar refractivity (Wildman–Crippen MR) is 94.1 cm³/mol. The highest BCUT2D eigenvalue weighted by atomic mass is 32.2. The SMILES string of the molecule is CCc1ccc(S(=O)(=O)NCC(C)CN2CCN(C)CC2)cc1.